The molecule has 0 atom stereocenters. The maximum atomic E-state index is 5.43. The molecule has 0 saturated heterocycles. The van der Waals surface area contributed by atoms with Gasteiger partial charge in [0.05, 0.1) is 11.4 Å². The SMILES string of the molecule is Cc1ccccc1-n1c(SCc2nc(-c3ccsc3)no2)nnc1-c1cccnc1. The van der Waals surface area contributed by atoms with Crippen molar-refractivity contribution in [2.75, 3.05) is 0 Å². The van der Waals surface area contributed by atoms with Crippen molar-refractivity contribution < 1.29 is 4.52 Å². The van der Waals surface area contributed by atoms with Gasteiger partial charge in [-0.1, -0.05) is 35.1 Å². The third-order valence-electron chi connectivity index (χ3n) is 4.48. The van der Waals surface area contributed by atoms with E-state index in [1.54, 1.807) is 23.7 Å². The zero-order chi connectivity index (χ0) is 20.3. The molecule has 0 aliphatic rings. The van der Waals surface area contributed by atoms with Crippen LogP contribution in [-0.2, 0) is 5.75 Å². The molecule has 0 unspecified atom stereocenters. The molecule has 5 aromatic rings. The number of thioether (sulfide) groups is 1. The Bertz CT molecular complexity index is 1260. The molecule has 7 nitrogen and oxygen atoms in total. The highest BCUT2D eigenvalue weighted by molar-refractivity contribution is 7.98. The van der Waals surface area contributed by atoms with Gasteiger partial charge in [-0.25, -0.2) is 0 Å². The molecular weight excluding hydrogens is 416 g/mol. The summed E-state index contributed by atoms with van der Waals surface area (Å²) in [6.07, 6.45) is 3.53. The van der Waals surface area contributed by atoms with E-state index < -0.39 is 0 Å². The number of para-hydroxylation sites is 1. The average molecular weight is 433 g/mol. The number of hydrogen-bond donors (Lipinski definition) is 0. The molecule has 0 saturated carbocycles. The minimum atomic E-state index is 0.494. The van der Waals surface area contributed by atoms with E-state index >= 15 is 0 Å². The zero-order valence-corrected chi connectivity index (χ0v) is 17.6. The highest BCUT2D eigenvalue weighted by atomic mass is 32.2. The first-order valence-electron chi connectivity index (χ1n) is 9.19. The van der Waals surface area contributed by atoms with Crippen LogP contribution in [0.25, 0.3) is 28.5 Å². The average Bonchev–Trinajstić information content (AvgIpc) is 3.53. The van der Waals surface area contributed by atoms with E-state index in [1.165, 1.54) is 11.8 Å². The lowest BCUT2D eigenvalue weighted by Gasteiger charge is -2.12. The van der Waals surface area contributed by atoms with Crippen LogP contribution in [0.5, 0.6) is 0 Å². The normalized spacial score (nSPS) is 11.1. The highest BCUT2D eigenvalue weighted by Gasteiger charge is 2.19. The molecule has 9 heteroatoms. The van der Waals surface area contributed by atoms with Gasteiger partial charge in [0.25, 0.3) is 0 Å². The first-order chi connectivity index (χ1) is 14.8. The summed E-state index contributed by atoms with van der Waals surface area (Å²) < 4.78 is 7.47. The van der Waals surface area contributed by atoms with Gasteiger partial charge in [-0.05, 0) is 42.1 Å². The van der Waals surface area contributed by atoms with Gasteiger partial charge < -0.3 is 4.52 Å². The highest BCUT2D eigenvalue weighted by Crippen LogP contribution is 2.31. The third kappa shape index (κ3) is 3.64. The summed E-state index contributed by atoms with van der Waals surface area (Å²) in [5, 5.41) is 17.7. The van der Waals surface area contributed by atoms with Crippen molar-refractivity contribution in [3.05, 3.63) is 77.1 Å². The molecule has 4 aromatic heterocycles. The van der Waals surface area contributed by atoms with Gasteiger partial charge in [0.2, 0.25) is 11.7 Å². The second kappa shape index (κ2) is 8.21. The van der Waals surface area contributed by atoms with Crippen molar-refractivity contribution in [1.82, 2.24) is 29.9 Å². The Morgan fingerprint density at radius 3 is 2.80 bits per heavy atom. The Hall–Kier alpha value is -3.30. The lowest BCUT2D eigenvalue weighted by Crippen LogP contribution is -2.02. The molecule has 5 rings (SSSR count). The van der Waals surface area contributed by atoms with Crippen LogP contribution >= 0.6 is 23.1 Å². The predicted octanol–water partition coefficient (Wildman–Crippen LogP) is 5.04. The monoisotopic (exact) mass is 432 g/mol. The van der Waals surface area contributed by atoms with Crippen molar-refractivity contribution in [1.29, 1.82) is 0 Å². The van der Waals surface area contributed by atoms with Gasteiger partial charge in [0, 0.05) is 28.9 Å². The van der Waals surface area contributed by atoms with Crippen LogP contribution < -0.4 is 0 Å². The lowest BCUT2D eigenvalue weighted by molar-refractivity contribution is 0.391. The second-order valence-corrected chi connectivity index (χ2v) is 8.20. The summed E-state index contributed by atoms with van der Waals surface area (Å²) in [7, 11) is 0. The molecule has 0 bridgehead atoms. The Balaban J connectivity index is 1.48. The molecule has 0 N–H and O–H groups in total. The minimum Gasteiger partial charge on any atom is -0.338 e. The van der Waals surface area contributed by atoms with Gasteiger partial charge in [-0.2, -0.15) is 16.3 Å². The number of nitrogens with zero attached hydrogens (tertiary/aromatic N) is 6. The Morgan fingerprint density at radius 1 is 1.07 bits per heavy atom. The molecular formula is C21H16N6OS2. The quantitative estimate of drug-likeness (QED) is 0.348. The Morgan fingerprint density at radius 2 is 2.00 bits per heavy atom. The van der Waals surface area contributed by atoms with Crippen LogP contribution in [0.4, 0.5) is 0 Å². The largest absolute Gasteiger partial charge is 0.338 e. The molecule has 148 valence electrons. The lowest BCUT2D eigenvalue weighted by atomic mass is 10.2. The molecule has 0 aliphatic heterocycles. The first kappa shape index (κ1) is 18.7. The van der Waals surface area contributed by atoms with Gasteiger partial charge in [-0.3, -0.25) is 9.55 Å². The van der Waals surface area contributed by atoms with Crippen molar-refractivity contribution >= 4 is 23.1 Å². The van der Waals surface area contributed by atoms with Crippen molar-refractivity contribution in [3.8, 4) is 28.5 Å². The van der Waals surface area contributed by atoms with Crippen molar-refractivity contribution in [2.45, 2.75) is 17.8 Å². The zero-order valence-electron chi connectivity index (χ0n) is 16.0. The molecule has 0 amide bonds. The summed E-state index contributed by atoms with van der Waals surface area (Å²) in [6.45, 7) is 2.07. The van der Waals surface area contributed by atoms with Crippen molar-refractivity contribution in [2.24, 2.45) is 0 Å². The molecule has 4 heterocycles. The van der Waals surface area contributed by atoms with Crippen LogP contribution in [0.1, 0.15) is 11.5 Å². The smallest absolute Gasteiger partial charge is 0.237 e. The fourth-order valence-electron chi connectivity index (χ4n) is 3.03. The van der Waals surface area contributed by atoms with Crippen LogP contribution in [0, 0.1) is 6.92 Å². The van der Waals surface area contributed by atoms with E-state index in [9.17, 15) is 0 Å². The summed E-state index contributed by atoms with van der Waals surface area (Å²) >= 11 is 3.11. The van der Waals surface area contributed by atoms with Crippen LogP contribution in [0.2, 0.25) is 0 Å². The van der Waals surface area contributed by atoms with Crippen LogP contribution in [-0.4, -0.2) is 29.9 Å². The van der Waals surface area contributed by atoms with E-state index in [4.69, 9.17) is 4.52 Å². The maximum Gasteiger partial charge on any atom is 0.237 e. The molecule has 0 aliphatic carbocycles. The van der Waals surface area contributed by atoms with Gasteiger partial charge in [-0.15, -0.1) is 10.2 Å². The van der Waals surface area contributed by atoms with E-state index in [1.807, 2.05) is 45.7 Å². The fraction of sp³-hybridized carbons (Fsp3) is 0.0952. The van der Waals surface area contributed by atoms with E-state index in [0.717, 1.165) is 33.4 Å². The van der Waals surface area contributed by atoms with Crippen molar-refractivity contribution in [3.63, 3.8) is 0 Å². The van der Waals surface area contributed by atoms with Gasteiger partial charge >= 0.3 is 0 Å². The van der Waals surface area contributed by atoms with Crippen LogP contribution in [0.15, 0.2) is 75.3 Å². The molecule has 0 spiro atoms. The Kier molecular flexibility index (Phi) is 5.12. The topological polar surface area (TPSA) is 82.5 Å². The third-order valence-corrected chi connectivity index (χ3v) is 6.08. The number of thiophene rings is 1. The van der Waals surface area contributed by atoms with Gasteiger partial charge in [0.1, 0.15) is 0 Å². The van der Waals surface area contributed by atoms with E-state index in [2.05, 4.69) is 44.4 Å². The number of aryl methyl sites for hydroxylation is 1. The number of pyridine rings is 1. The summed E-state index contributed by atoms with van der Waals surface area (Å²) in [5.74, 6) is 2.38. The minimum absolute atomic E-state index is 0.494. The maximum absolute atomic E-state index is 5.43. The van der Waals surface area contributed by atoms with Crippen LogP contribution in [0.3, 0.4) is 0 Å². The Labute approximate surface area is 180 Å². The fourth-order valence-corrected chi connectivity index (χ4v) is 4.44. The summed E-state index contributed by atoms with van der Waals surface area (Å²) in [6, 6.07) is 14.0. The van der Waals surface area contributed by atoms with E-state index in [0.29, 0.717) is 17.5 Å². The first-order valence-corrected chi connectivity index (χ1v) is 11.1. The molecule has 0 fully saturated rings. The van der Waals surface area contributed by atoms with E-state index in [-0.39, 0.29) is 0 Å². The molecule has 0 radical (unpaired) electrons. The molecule has 1 aromatic carbocycles. The number of rotatable bonds is 6. The molecule has 30 heavy (non-hydrogen) atoms. The number of aromatic nitrogens is 6. The standard InChI is InChI=1S/C21H16N6OS2/c1-14-5-2-3-7-17(14)27-20(15-6-4-9-22-11-15)24-25-21(27)30-13-18-23-19(26-28-18)16-8-10-29-12-16/h2-12H,13H2,1H3. The summed E-state index contributed by atoms with van der Waals surface area (Å²) in [4.78, 5) is 8.72. The number of benzene rings is 1. The second-order valence-electron chi connectivity index (χ2n) is 6.48. The predicted molar refractivity (Wildman–Crippen MR) is 116 cm³/mol. The van der Waals surface area contributed by atoms with Gasteiger partial charge in [0.15, 0.2) is 11.0 Å². The number of hydrogen-bond acceptors (Lipinski definition) is 8. The summed E-state index contributed by atoms with van der Waals surface area (Å²) in [5.41, 5.74) is 4.01.